The average Bonchev–Trinajstić information content (AvgIpc) is 1.61. The van der Waals surface area contributed by atoms with E-state index >= 15 is 0 Å². The van der Waals surface area contributed by atoms with Gasteiger partial charge in [0.15, 0.2) is 0 Å². The average molecular weight is 92.1 g/mol. The van der Waals surface area contributed by atoms with Crippen LogP contribution in [0.4, 0.5) is 0 Å². The summed E-state index contributed by atoms with van der Waals surface area (Å²) in [5.74, 6) is 0. The molecule has 0 rings (SSSR count). The van der Waals surface area contributed by atoms with Crippen LogP contribution in [0.1, 0.15) is 0 Å². The van der Waals surface area contributed by atoms with Crippen LogP contribution in [-0.4, -0.2) is 30.2 Å². The molecule has 0 saturated carbocycles. The third-order valence-electron chi connectivity index (χ3n) is 0.327. The van der Waals surface area contributed by atoms with E-state index < -0.39 is 0 Å². The minimum Gasteiger partial charge on any atom is -0.394 e. The fourth-order valence-corrected chi connectivity index (χ4v) is 0.129. The molecule has 3 heteroatoms. The van der Waals surface area contributed by atoms with Gasteiger partial charge in [-0.25, -0.2) is 0 Å². The molecule has 6 heavy (non-hydrogen) atoms. The van der Waals surface area contributed by atoms with E-state index in [0.717, 1.165) is 0 Å². The van der Waals surface area contributed by atoms with E-state index in [1.807, 2.05) is 0 Å². The lowest BCUT2D eigenvalue weighted by molar-refractivity contribution is -0.0157. The zero-order valence-electron chi connectivity index (χ0n) is 3.42. The smallest absolute Gasteiger partial charge is 0.143 e. The van der Waals surface area contributed by atoms with Gasteiger partial charge in [0.05, 0.1) is 13.2 Å². The van der Waals surface area contributed by atoms with Crippen LogP contribution in [0.5, 0.6) is 0 Å². The van der Waals surface area contributed by atoms with Crippen molar-refractivity contribution in [3.8, 4) is 0 Å². The Bertz CT molecular complexity index is 18.0. The number of rotatable bonds is 3. The second-order valence-electron chi connectivity index (χ2n) is 0.761. The molecule has 0 aromatic carbocycles. The molecule has 0 unspecified atom stereocenters. The van der Waals surface area contributed by atoms with Crippen LogP contribution >= 0.6 is 0 Å². The molecule has 0 aliphatic rings. The number of aliphatic hydroxyl groups is 2. The van der Waals surface area contributed by atoms with Gasteiger partial charge in [0, 0.05) is 0 Å². The number of hydrogen-bond donors (Lipinski definition) is 2. The number of aliphatic hydroxyl groups excluding tert-OH is 2. The highest BCUT2D eigenvalue weighted by molar-refractivity contribution is 4.14. The largest absolute Gasteiger partial charge is 0.394 e. The Kier molecular flexibility index (Phi) is 4.78. The summed E-state index contributed by atoms with van der Waals surface area (Å²) in [6, 6.07) is 0. The van der Waals surface area contributed by atoms with E-state index in [9.17, 15) is 0 Å². The number of ether oxygens (including phenoxy) is 1. The molecule has 0 aliphatic carbocycles. The highest BCUT2D eigenvalue weighted by Crippen LogP contribution is 1.63. The van der Waals surface area contributed by atoms with Gasteiger partial charge in [-0.2, -0.15) is 0 Å². The molecule has 0 aromatic rings. The van der Waals surface area contributed by atoms with Gasteiger partial charge in [-0.3, -0.25) is 0 Å². The van der Waals surface area contributed by atoms with Crippen LogP contribution in [0.3, 0.4) is 0 Å². The summed E-state index contributed by atoms with van der Waals surface area (Å²) in [5.41, 5.74) is 0. The Morgan fingerprint density at radius 3 is 2.17 bits per heavy atom. The van der Waals surface area contributed by atoms with Gasteiger partial charge in [-0.1, -0.05) is 0 Å². The first-order valence-electron chi connectivity index (χ1n) is 1.71. The second-order valence-corrected chi connectivity index (χ2v) is 0.761. The van der Waals surface area contributed by atoms with Crippen molar-refractivity contribution in [3.63, 3.8) is 0 Å². The molecule has 2 N–H and O–H groups in total. The van der Waals surface area contributed by atoms with Crippen molar-refractivity contribution in [2.24, 2.45) is 0 Å². The van der Waals surface area contributed by atoms with Gasteiger partial charge in [0.25, 0.3) is 0 Å². The number of hydrogen-bond acceptors (Lipinski definition) is 3. The third kappa shape index (κ3) is 3.88. The van der Waals surface area contributed by atoms with Crippen molar-refractivity contribution in [1.82, 2.24) is 0 Å². The van der Waals surface area contributed by atoms with E-state index in [0.29, 0.717) is 0 Å². The molecular formula is C3H8O3. The van der Waals surface area contributed by atoms with Gasteiger partial charge >= 0.3 is 0 Å². The van der Waals surface area contributed by atoms with Crippen LogP contribution in [0.15, 0.2) is 0 Å². The molecule has 0 aromatic heterocycles. The molecule has 0 radical (unpaired) electrons. The van der Waals surface area contributed by atoms with Gasteiger partial charge in [-0.05, 0) is 0 Å². The van der Waals surface area contributed by atoms with Gasteiger partial charge in [0.1, 0.15) is 6.79 Å². The molecule has 38 valence electrons. The zero-order chi connectivity index (χ0) is 4.83. The summed E-state index contributed by atoms with van der Waals surface area (Å²) in [6.07, 6.45) is 0. The van der Waals surface area contributed by atoms with Gasteiger partial charge in [-0.15, -0.1) is 0 Å². The van der Waals surface area contributed by atoms with Crippen LogP contribution in [0.2, 0.25) is 0 Å². The van der Waals surface area contributed by atoms with Crippen LogP contribution in [0, 0.1) is 0 Å². The molecule has 0 spiro atoms. The van der Waals surface area contributed by atoms with E-state index in [1.54, 1.807) is 0 Å². The van der Waals surface area contributed by atoms with E-state index in [4.69, 9.17) is 10.2 Å². The minimum absolute atomic E-state index is 0.0272. The van der Waals surface area contributed by atoms with Crippen molar-refractivity contribution >= 4 is 0 Å². The van der Waals surface area contributed by atoms with E-state index in [2.05, 4.69) is 4.74 Å². The lowest BCUT2D eigenvalue weighted by Crippen LogP contribution is -1.98. The fraction of sp³-hybridized carbons (Fsp3) is 1.00. The normalized spacial score (nSPS) is 9.00. The van der Waals surface area contributed by atoms with Crippen molar-refractivity contribution < 1.29 is 14.9 Å². The van der Waals surface area contributed by atoms with Crippen molar-refractivity contribution in [2.75, 3.05) is 20.0 Å². The molecule has 0 saturated heterocycles. The SMILES string of the molecule is OCCOCO. The first-order valence-corrected chi connectivity index (χ1v) is 1.71. The summed E-state index contributed by atoms with van der Waals surface area (Å²) < 4.78 is 4.29. The monoisotopic (exact) mass is 92.0 g/mol. The fourth-order valence-electron chi connectivity index (χ4n) is 0.129. The second kappa shape index (κ2) is 4.88. The maximum absolute atomic E-state index is 7.96. The predicted molar refractivity (Wildman–Crippen MR) is 20.1 cm³/mol. The van der Waals surface area contributed by atoms with Gasteiger partial charge in [0.2, 0.25) is 0 Å². The Morgan fingerprint density at radius 1 is 1.33 bits per heavy atom. The molecular weight excluding hydrogens is 84.0 g/mol. The van der Waals surface area contributed by atoms with Gasteiger partial charge < -0.3 is 14.9 Å². The predicted octanol–water partition coefficient (Wildman–Crippen LogP) is -1.05. The van der Waals surface area contributed by atoms with Crippen molar-refractivity contribution in [1.29, 1.82) is 0 Å². The third-order valence-corrected chi connectivity index (χ3v) is 0.327. The molecule has 3 nitrogen and oxygen atoms in total. The molecule has 0 fully saturated rings. The maximum Gasteiger partial charge on any atom is 0.143 e. The summed E-state index contributed by atoms with van der Waals surface area (Å²) in [4.78, 5) is 0. The van der Waals surface area contributed by atoms with Crippen LogP contribution in [-0.2, 0) is 4.74 Å². The van der Waals surface area contributed by atoms with E-state index in [1.165, 1.54) is 0 Å². The first kappa shape index (κ1) is 5.88. The Labute approximate surface area is 36.2 Å². The molecule has 0 bridgehead atoms. The van der Waals surface area contributed by atoms with E-state index in [-0.39, 0.29) is 20.0 Å². The Hall–Kier alpha value is -0.120. The van der Waals surface area contributed by atoms with Crippen LogP contribution in [0.25, 0.3) is 0 Å². The van der Waals surface area contributed by atoms with Crippen molar-refractivity contribution in [2.45, 2.75) is 0 Å². The summed E-state index contributed by atoms with van der Waals surface area (Å²) in [7, 11) is 0. The minimum atomic E-state index is -0.305. The lowest BCUT2D eigenvalue weighted by atomic mass is 10.8. The van der Waals surface area contributed by atoms with Crippen LogP contribution < -0.4 is 0 Å². The summed E-state index contributed by atoms with van der Waals surface area (Å²) in [6.45, 7) is -0.113. The Balaban J connectivity index is 2.34. The Morgan fingerprint density at radius 2 is 2.00 bits per heavy atom. The topological polar surface area (TPSA) is 49.7 Å². The molecule has 0 amide bonds. The molecule has 0 atom stereocenters. The highest BCUT2D eigenvalue weighted by Gasteiger charge is 1.74. The molecule has 0 heterocycles. The molecule has 0 aliphatic heterocycles. The summed E-state index contributed by atoms with van der Waals surface area (Å²) in [5, 5.41) is 15.8. The summed E-state index contributed by atoms with van der Waals surface area (Å²) >= 11 is 0. The zero-order valence-corrected chi connectivity index (χ0v) is 3.42. The van der Waals surface area contributed by atoms with Crippen molar-refractivity contribution in [3.05, 3.63) is 0 Å². The maximum atomic E-state index is 7.96. The standard InChI is InChI=1S/C3H8O3/c4-1-2-6-3-5/h4-5H,1-3H2. The first-order chi connectivity index (χ1) is 2.91. The quantitative estimate of drug-likeness (QED) is 0.345. The highest BCUT2D eigenvalue weighted by atomic mass is 16.6. The lowest BCUT2D eigenvalue weighted by Gasteiger charge is -1.90.